The summed E-state index contributed by atoms with van der Waals surface area (Å²) >= 11 is 0. The number of amides is 1. The van der Waals surface area contributed by atoms with Crippen LogP contribution in [0.5, 0.6) is 0 Å². The fourth-order valence-electron chi connectivity index (χ4n) is 6.15. The molecular weight excluding hydrogens is 572 g/mol. The molecule has 1 heterocycles. The molecule has 0 aliphatic rings. The van der Waals surface area contributed by atoms with Crippen molar-refractivity contribution in [1.29, 1.82) is 0 Å². The molecule has 0 radical (unpaired) electrons. The number of hydrogen-bond donors (Lipinski definition) is 4. The highest BCUT2D eigenvalue weighted by Crippen LogP contribution is 2.16. The molecule has 1 amide bonds. The van der Waals surface area contributed by atoms with Gasteiger partial charge in [0.25, 0.3) is 0 Å². The Bertz CT molecular complexity index is 1550. The zero-order chi connectivity index (χ0) is 32.9. The molecule has 1 aromatic heterocycles. The summed E-state index contributed by atoms with van der Waals surface area (Å²) in [6.45, 7) is 6.44. The summed E-state index contributed by atoms with van der Waals surface area (Å²) in [7, 11) is 2.14. The molecule has 2 atom stereocenters. The lowest BCUT2D eigenvalue weighted by Gasteiger charge is -2.34. The van der Waals surface area contributed by atoms with Crippen molar-refractivity contribution in [3.63, 3.8) is 0 Å². The monoisotopic (exact) mass is 624 g/mol. The number of hydrogen-bond acceptors (Lipinski definition) is 5. The summed E-state index contributed by atoms with van der Waals surface area (Å²) in [5, 5.41) is 4.11. The van der Waals surface area contributed by atoms with Gasteiger partial charge in [-0.2, -0.15) is 4.57 Å². The number of nitrogens with one attached hydrogen (secondary N) is 1. The van der Waals surface area contributed by atoms with Gasteiger partial charge in [-0.3, -0.25) is 9.59 Å². The lowest BCUT2D eigenvalue weighted by Crippen LogP contribution is -2.52. The van der Waals surface area contributed by atoms with Crippen molar-refractivity contribution in [3.8, 4) is 0 Å². The zero-order valence-corrected chi connectivity index (χ0v) is 27.5. The van der Waals surface area contributed by atoms with Gasteiger partial charge in [-0.15, -0.1) is 0 Å². The predicted octanol–water partition coefficient (Wildman–Crippen LogP) is 3.18. The Kier molecular flexibility index (Phi) is 13.0. The number of carbonyl (C=O) groups excluding carboxylic acids is 2. The maximum absolute atomic E-state index is 13.9. The molecule has 46 heavy (non-hydrogen) atoms. The standard InChI is InChI=1S/C38H51N6O2/c1-29-14-16-31(17-15-29)27-43-28-32(25-33-11-6-7-13-36(33)43)26-37(45)35(19-18-30-9-4-3-5-10-30)42-38(46)34(41)12-8-22-44(2,23-20-39)24-21-40/h3-7,9-11,13-17,25,28,34-35H,8,12,18-24,26-27,39-41H2,1-2H3/q+1/p+1/t34-,35-/m0/s1. The molecule has 0 spiro atoms. The Morgan fingerprint density at radius 1 is 0.826 bits per heavy atom. The van der Waals surface area contributed by atoms with E-state index >= 15 is 0 Å². The number of quaternary nitrogens is 1. The number of carbonyl (C=O) groups is 2. The van der Waals surface area contributed by atoms with E-state index in [9.17, 15) is 9.59 Å². The SMILES string of the molecule is Cc1ccc(C[n+]2cc(CC(=O)[C@H](CCc3ccccc3)NC(=O)[C@@H](N)CCC[N+](C)(CCN)CCN)cc3ccccc32)cc1. The van der Waals surface area contributed by atoms with Crippen LogP contribution in [0.1, 0.15) is 41.5 Å². The maximum Gasteiger partial charge on any atom is 0.237 e. The minimum Gasteiger partial charge on any atom is -0.345 e. The number of pyridine rings is 1. The van der Waals surface area contributed by atoms with Crippen molar-refractivity contribution >= 4 is 22.6 Å². The van der Waals surface area contributed by atoms with E-state index in [0.29, 0.717) is 38.9 Å². The summed E-state index contributed by atoms with van der Waals surface area (Å²) in [4.78, 5) is 27.3. The van der Waals surface area contributed by atoms with Crippen molar-refractivity contribution in [1.82, 2.24) is 5.32 Å². The van der Waals surface area contributed by atoms with Crippen molar-refractivity contribution in [3.05, 3.63) is 113 Å². The summed E-state index contributed by atoms with van der Waals surface area (Å²) in [6, 6.07) is 27.5. The molecule has 0 fully saturated rings. The molecule has 4 aromatic rings. The minimum absolute atomic E-state index is 0.0243. The summed E-state index contributed by atoms with van der Waals surface area (Å²) in [5.41, 5.74) is 23.6. The predicted molar refractivity (Wildman–Crippen MR) is 186 cm³/mol. The molecule has 8 nitrogen and oxygen atoms in total. The van der Waals surface area contributed by atoms with Crippen LogP contribution >= 0.6 is 0 Å². The number of nitrogens with two attached hydrogens (primary N) is 3. The number of aromatic nitrogens is 1. The van der Waals surface area contributed by atoms with Gasteiger partial charge in [0.05, 0.1) is 38.8 Å². The molecule has 3 aromatic carbocycles. The first-order valence-corrected chi connectivity index (χ1v) is 16.5. The van der Waals surface area contributed by atoms with Gasteiger partial charge in [0.2, 0.25) is 11.4 Å². The largest absolute Gasteiger partial charge is 0.345 e. The van der Waals surface area contributed by atoms with Gasteiger partial charge >= 0.3 is 0 Å². The van der Waals surface area contributed by atoms with Crippen molar-refractivity contribution in [2.75, 3.05) is 39.8 Å². The van der Waals surface area contributed by atoms with Crippen LogP contribution in [0, 0.1) is 6.92 Å². The average molecular weight is 625 g/mol. The van der Waals surface area contributed by atoms with E-state index in [2.05, 4.69) is 72.5 Å². The van der Waals surface area contributed by atoms with Crippen molar-refractivity contribution in [2.24, 2.45) is 17.2 Å². The molecule has 0 aliphatic carbocycles. The van der Waals surface area contributed by atoms with Crippen LogP contribution in [0.15, 0.2) is 91.1 Å². The number of benzene rings is 3. The number of fused-ring (bicyclic) bond motifs is 1. The van der Waals surface area contributed by atoms with Crippen molar-refractivity contribution in [2.45, 2.75) is 57.7 Å². The number of Topliss-reactive ketones (excluding diaryl/α,β-unsaturated/α-hetero) is 1. The van der Waals surface area contributed by atoms with Crippen LogP contribution in [0.2, 0.25) is 0 Å². The molecule has 0 aliphatic heterocycles. The summed E-state index contributed by atoms with van der Waals surface area (Å²) < 4.78 is 2.97. The molecule has 244 valence electrons. The number of likely N-dealkylation sites (N-methyl/N-ethyl adjacent to an activating group) is 1. The molecule has 7 N–H and O–H groups in total. The second kappa shape index (κ2) is 17.1. The average Bonchev–Trinajstić information content (AvgIpc) is 3.04. The highest BCUT2D eigenvalue weighted by Gasteiger charge is 2.26. The maximum atomic E-state index is 13.9. The quantitative estimate of drug-likeness (QED) is 0.0999. The number of rotatable bonds is 18. The van der Waals surface area contributed by atoms with Crippen LogP contribution in [-0.4, -0.2) is 68.0 Å². The van der Waals surface area contributed by atoms with E-state index in [1.165, 1.54) is 11.1 Å². The summed E-state index contributed by atoms with van der Waals surface area (Å²) in [6.07, 6.45) is 4.75. The lowest BCUT2D eigenvalue weighted by atomic mass is 9.97. The molecule has 0 saturated heterocycles. The number of ketones is 1. The summed E-state index contributed by atoms with van der Waals surface area (Å²) in [5.74, 6) is -0.310. The second-order valence-corrected chi connectivity index (χ2v) is 12.9. The Morgan fingerprint density at radius 3 is 2.20 bits per heavy atom. The molecule has 8 heteroatoms. The Hall–Kier alpha value is -3.95. The fourth-order valence-corrected chi connectivity index (χ4v) is 6.15. The Balaban J connectivity index is 1.49. The van der Waals surface area contributed by atoms with E-state index in [1.54, 1.807) is 0 Å². The van der Waals surface area contributed by atoms with Crippen LogP contribution < -0.4 is 27.1 Å². The number of para-hydroxylation sites is 1. The third-order valence-corrected chi connectivity index (χ3v) is 8.92. The third-order valence-electron chi connectivity index (χ3n) is 8.92. The number of aryl methyl sites for hydroxylation is 2. The van der Waals surface area contributed by atoms with E-state index in [0.717, 1.165) is 52.6 Å². The second-order valence-electron chi connectivity index (χ2n) is 12.9. The van der Waals surface area contributed by atoms with Crippen LogP contribution in [0.4, 0.5) is 0 Å². The number of nitrogens with zero attached hydrogens (tertiary/aromatic N) is 2. The highest BCUT2D eigenvalue weighted by atomic mass is 16.2. The van der Waals surface area contributed by atoms with Crippen molar-refractivity contribution < 1.29 is 18.6 Å². The molecule has 0 saturated carbocycles. The van der Waals surface area contributed by atoms with Crippen LogP contribution in [0.3, 0.4) is 0 Å². The highest BCUT2D eigenvalue weighted by molar-refractivity contribution is 5.92. The zero-order valence-electron chi connectivity index (χ0n) is 27.5. The first kappa shape index (κ1) is 34.9. The molecular formula is C38H52N6O2+2. The van der Waals surface area contributed by atoms with Gasteiger partial charge < -0.3 is 27.0 Å². The van der Waals surface area contributed by atoms with Gasteiger partial charge in [-0.25, -0.2) is 0 Å². The van der Waals surface area contributed by atoms with E-state index < -0.39 is 12.1 Å². The first-order chi connectivity index (χ1) is 22.2. The third kappa shape index (κ3) is 10.3. The Labute approximate surface area is 274 Å². The van der Waals surface area contributed by atoms with Crippen LogP contribution in [0.25, 0.3) is 10.9 Å². The van der Waals surface area contributed by atoms with Gasteiger partial charge in [-0.05, 0) is 50.3 Å². The molecule has 4 rings (SSSR count). The lowest BCUT2D eigenvalue weighted by molar-refractivity contribution is -0.907. The molecule has 0 unspecified atom stereocenters. The Morgan fingerprint density at radius 2 is 1.50 bits per heavy atom. The smallest absolute Gasteiger partial charge is 0.237 e. The van der Waals surface area contributed by atoms with E-state index in [1.807, 2.05) is 42.5 Å². The topological polar surface area (TPSA) is 128 Å². The first-order valence-electron chi connectivity index (χ1n) is 16.5. The molecule has 0 bridgehead atoms. The van der Waals surface area contributed by atoms with E-state index in [-0.39, 0.29) is 18.1 Å². The fraction of sp³-hybridized carbons (Fsp3) is 0.395. The normalized spacial score (nSPS) is 13.0. The van der Waals surface area contributed by atoms with Gasteiger partial charge in [0.1, 0.15) is 0 Å². The van der Waals surface area contributed by atoms with E-state index in [4.69, 9.17) is 17.2 Å². The van der Waals surface area contributed by atoms with Gasteiger partial charge in [0, 0.05) is 42.1 Å². The van der Waals surface area contributed by atoms with Gasteiger partial charge in [-0.1, -0.05) is 72.3 Å². The van der Waals surface area contributed by atoms with Gasteiger partial charge in [0.15, 0.2) is 18.5 Å². The minimum atomic E-state index is -0.700. The van der Waals surface area contributed by atoms with Crippen LogP contribution in [-0.2, 0) is 29.0 Å².